The molecule has 20 heavy (non-hydrogen) atoms. The zero-order chi connectivity index (χ0) is 14.5. The van der Waals surface area contributed by atoms with Crippen LogP contribution in [0.1, 0.15) is 58.8 Å². The molecule has 0 bridgehead atoms. The fraction of sp³-hybridized carbons (Fsp3) is 0.938. The highest BCUT2D eigenvalue weighted by Crippen LogP contribution is 2.22. The van der Waals surface area contributed by atoms with Gasteiger partial charge in [-0.1, -0.05) is 32.6 Å². The molecule has 0 radical (unpaired) electrons. The second-order valence-corrected chi connectivity index (χ2v) is 6.49. The van der Waals surface area contributed by atoms with Crippen molar-refractivity contribution in [2.45, 2.75) is 77.0 Å². The van der Waals surface area contributed by atoms with Gasteiger partial charge in [-0.25, -0.2) is 0 Å². The van der Waals surface area contributed by atoms with Gasteiger partial charge < -0.3 is 9.80 Å². The Bertz CT molecular complexity index is 315. The summed E-state index contributed by atoms with van der Waals surface area (Å²) in [5.74, 6) is 0.311. The largest absolute Gasteiger partial charge is 0.325 e. The highest BCUT2D eigenvalue weighted by molar-refractivity contribution is 5.84. The highest BCUT2D eigenvalue weighted by Gasteiger charge is 2.35. The molecular weight excluding hydrogens is 250 g/mol. The molecule has 2 rings (SSSR count). The third kappa shape index (κ3) is 3.73. The second-order valence-electron chi connectivity index (χ2n) is 6.49. The average molecular weight is 281 g/mol. The van der Waals surface area contributed by atoms with E-state index in [9.17, 15) is 4.79 Å². The van der Waals surface area contributed by atoms with Gasteiger partial charge in [-0.2, -0.15) is 0 Å². The van der Waals surface area contributed by atoms with Gasteiger partial charge >= 0.3 is 0 Å². The van der Waals surface area contributed by atoms with Crippen molar-refractivity contribution in [1.82, 2.24) is 15.1 Å². The number of hydrogen-bond donors (Lipinski definition) is 1. The van der Waals surface area contributed by atoms with Crippen molar-refractivity contribution in [3.05, 3.63) is 0 Å². The Kier molecular flexibility index (Phi) is 5.85. The molecule has 1 aliphatic heterocycles. The highest BCUT2D eigenvalue weighted by atomic mass is 16.2. The normalized spacial score (nSPS) is 28.0. The lowest BCUT2D eigenvalue weighted by Crippen LogP contribution is -2.42. The minimum atomic E-state index is 0.0572. The van der Waals surface area contributed by atoms with Crippen LogP contribution in [0.2, 0.25) is 0 Å². The van der Waals surface area contributed by atoms with E-state index < -0.39 is 0 Å². The number of likely N-dealkylation sites (N-methyl/N-ethyl adjacent to an activating group) is 1. The standard InChI is InChI=1S/C16H31N3O/c1-4-5-10-15-16(20)19(13(2)17-15)12-11-18(3)14-8-6-7-9-14/h13-15,17H,4-12H2,1-3H3. The first kappa shape index (κ1) is 15.8. The van der Waals surface area contributed by atoms with Crippen molar-refractivity contribution in [1.29, 1.82) is 0 Å². The van der Waals surface area contributed by atoms with E-state index in [0.29, 0.717) is 5.91 Å². The number of unbranched alkanes of at least 4 members (excludes halogenated alkanes) is 1. The van der Waals surface area contributed by atoms with Crippen molar-refractivity contribution in [2.75, 3.05) is 20.1 Å². The first-order valence-corrected chi connectivity index (χ1v) is 8.40. The average Bonchev–Trinajstić information content (AvgIpc) is 3.04. The zero-order valence-corrected chi connectivity index (χ0v) is 13.4. The van der Waals surface area contributed by atoms with Crippen LogP contribution in [-0.4, -0.2) is 54.1 Å². The number of hydrogen-bond acceptors (Lipinski definition) is 3. The Morgan fingerprint density at radius 3 is 2.70 bits per heavy atom. The van der Waals surface area contributed by atoms with Crippen molar-refractivity contribution in [3.63, 3.8) is 0 Å². The third-order valence-electron chi connectivity index (χ3n) is 4.98. The van der Waals surface area contributed by atoms with Crippen LogP contribution >= 0.6 is 0 Å². The molecular formula is C16H31N3O. The van der Waals surface area contributed by atoms with Crippen LogP contribution in [-0.2, 0) is 4.79 Å². The van der Waals surface area contributed by atoms with Crippen LogP contribution in [0.3, 0.4) is 0 Å². The van der Waals surface area contributed by atoms with E-state index in [1.54, 1.807) is 0 Å². The second kappa shape index (κ2) is 7.41. The molecule has 1 aliphatic carbocycles. The SMILES string of the molecule is CCCCC1NC(C)N(CCN(C)C2CCCC2)C1=O. The van der Waals surface area contributed by atoms with Crippen molar-refractivity contribution < 1.29 is 4.79 Å². The summed E-state index contributed by atoms with van der Waals surface area (Å²) in [5, 5.41) is 3.44. The number of rotatable bonds is 7. The fourth-order valence-electron chi connectivity index (χ4n) is 3.56. The predicted molar refractivity (Wildman–Crippen MR) is 82.5 cm³/mol. The van der Waals surface area contributed by atoms with Gasteiger partial charge in [0.25, 0.3) is 0 Å². The van der Waals surface area contributed by atoms with E-state index in [4.69, 9.17) is 0 Å². The minimum Gasteiger partial charge on any atom is -0.325 e. The predicted octanol–water partition coefficient (Wildman–Crippen LogP) is 2.20. The molecule has 2 unspecified atom stereocenters. The summed E-state index contributed by atoms with van der Waals surface area (Å²) in [7, 11) is 2.21. The van der Waals surface area contributed by atoms with Gasteiger partial charge in [0.2, 0.25) is 5.91 Å². The lowest BCUT2D eigenvalue weighted by Gasteiger charge is -2.28. The topological polar surface area (TPSA) is 35.6 Å². The summed E-state index contributed by atoms with van der Waals surface area (Å²) in [4.78, 5) is 16.9. The Morgan fingerprint density at radius 1 is 1.35 bits per heavy atom. The first-order valence-electron chi connectivity index (χ1n) is 8.40. The molecule has 0 aromatic rings. The van der Waals surface area contributed by atoms with Crippen LogP contribution in [0, 0.1) is 0 Å². The van der Waals surface area contributed by atoms with E-state index in [2.05, 4.69) is 31.1 Å². The molecule has 0 spiro atoms. The Hall–Kier alpha value is -0.610. The first-order chi connectivity index (χ1) is 9.63. The van der Waals surface area contributed by atoms with Crippen LogP contribution < -0.4 is 5.32 Å². The van der Waals surface area contributed by atoms with Gasteiger partial charge in [-0.3, -0.25) is 10.1 Å². The van der Waals surface area contributed by atoms with E-state index >= 15 is 0 Å². The van der Waals surface area contributed by atoms with Gasteiger partial charge in [0.1, 0.15) is 0 Å². The Morgan fingerprint density at radius 2 is 2.05 bits per heavy atom. The molecule has 1 heterocycles. The number of amides is 1. The maximum Gasteiger partial charge on any atom is 0.241 e. The molecule has 0 aromatic heterocycles. The number of carbonyl (C=O) groups excluding carboxylic acids is 1. The maximum atomic E-state index is 12.4. The number of nitrogens with one attached hydrogen (secondary N) is 1. The zero-order valence-electron chi connectivity index (χ0n) is 13.4. The summed E-state index contributed by atoms with van der Waals surface area (Å²) in [5.41, 5.74) is 0. The lowest BCUT2D eigenvalue weighted by molar-refractivity contribution is -0.130. The number of nitrogens with zero attached hydrogens (tertiary/aromatic N) is 2. The van der Waals surface area contributed by atoms with Crippen molar-refractivity contribution in [2.24, 2.45) is 0 Å². The molecule has 4 nitrogen and oxygen atoms in total. The molecule has 4 heteroatoms. The number of carbonyl (C=O) groups is 1. The molecule has 2 atom stereocenters. The summed E-state index contributed by atoms with van der Waals surface area (Å²) in [6.07, 6.45) is 8.87. The van der Waals surface area contributed by atoms with Crippen molar-refractivity contribution >= 4 is 5.91 Å². The molecule has 1 N–H and O–H groups in total. The lowest BCUT2D eigenvalue weighted by atomic mass is 10.1. The third-order valence-corrected chi connectivity index (χ3v) is 4.98. The molecule has 2 fully saturated rings. The molecule has 116 valence electrons. The molecule has 0 aromatic carbocycles. The Labute approximate surface area is 123 Å². The van der Waals surface area contributed by atoms with Gasteiger partial charge in [-0.05, 0) is 33.2 Å². The van der Waals surface area contributed by atoms with E-state index in [1.807, 2.05) is 4.90 Å². The van der Waals surface area contributed by atoms with Gasteiger partial charge in [0.15, 0.2) is 0 Å². The summed E-state index contributed by atoms with van der Waals surface area (Å²) >= 11 is 0. The minimum absolute atomic E-state index is 0.0572. The quantitative estimate of drug-likeness (QED) is 0.777. The fourth-order valence-corrected chi connectivity index (χ4v) is 3.56. The van der Waals surface area contributed by atoms with Gasteiger partial charge in [0, 0.05) is 19.1 Å². The summed E-state index contributed by atoms with van der Waals surface area (Å²) in [6, 6.07) is 0.800. The summed E-state index contributed by atoms with van der Waals surface area (Å²) in [6.45, 7) is 6.15. The van der Waals surface area contributed by atoms with Crippen LogP contribution in [0.4, 0.5) is 0 Å². The molecule has 1 saturated heterocycles. The van der Waals surface area contributed by atoms with Crippen LogP contribution in [0.15, 0.2) is 0 Å². The molecule has 1 saturated carbocycles. The summed E-state index contributed by atoms with van der Waals surface area (Å²) < 4.78 is 0. The van der Waals surface area contributed by atoms with Crippen LogP contribution in [0.5, 0.6) is 0 Å². The van der Waals surface area contributed by atoms with Gasteiger partial charge in [0.05, 0.1) is 12.2 Å². The van der Waals surface area contributed by atoms with Crippen molar-refractivity contribution in [3.8, 4) is 0 Å². The monoisotopic (exact) mass is 281 g/mol. The smallest absolute Gasteiger partial charge is 0.241 e. The van der Waals surface area contributed by atoms with E-state index in [1.165, 1.54) is 25.7 Å². The Balaban J connectivity index is 1.78. The molecule has 2 aliphatic rings. The van der Waals surface area contributed by atoms with E-state index in [0.717, 1.165) is 38.4 Å². The van der Waals surface area contributed by atoms with Gasteiger partial charge in [-0.15, -0.1) is 0 Å². The van der Waals surface area contributed by atoms with E-state index in [-0.39, 0.29) is 12.2 Å². The molecule has 1 amide bonds. The van der Waals surface area contributed by atoms with Crippen LogP contribution in [0.25, 0.3) is 0 Å². The maximum absolute atomic E-state index is 12.4.